The summed E-state index contributed by atoms with van der Waals surface area (Å²) < 4.78 is 27.4. The standard InChI is InChI=1S/C20H25N3O5S/c1-3-4-5-6-13-21-20(24)16-8-10-17(11-9-16)22-29(27,28)18-12-7-15(2)19(14-18)23(25)26/h7-12,14,22H,3-6,13H2,1-2H3,(H,21,24). The second-order valence-electron chi connectivity index (χ2n) is 6.70. The van der Waals surface area contributed by atoms with E-state index in [0.717, 1.165) is 31.7 Å². The Morgan fingerprint density at radius 3 is 2.38 bits per heavy atom. The Balaban J connectivity index is 2.04. The number of nitrogens with zero attached hydrogens (tertiary/aromatic N) is 1. The van der Waals surface area contributed by atoms with Crippen molar-refractivity contribution in [2.45, 2.75) is 44.4 Å². The van der Waals surface area contributed by atoms with Crippen LogP contribution in [-0.4, -0.2) is 25.8 Å². The summed E-state index contributed by atoms with van der Waals surface area (Å²) in [5, 5.41) is 13.9. The van der Waals surface area contributed by atoms with Gasteiger partial charge in [0.1, 0.15) is 0 Å². The minimum atomic E-state index is -4.00. The number of nitro benzene ring substituents is 1. The topological polar surface area (TPSA) is 118 Å². The van der Waals surface area contributed by atoms with Crippen molar-refractivity contribution in [3.63, 3.8) is 0 Å². The molecule has 2 aromatic rings. The van der Waals surface area contributed by atoms with Crippen LogP contribution in [0.1, 0.15) is 48.5 Å². The molecule has 0 fully saturated rings. The number of nitrogens with one attached hydrogen (secondary N) is 2. The molecular formula is C20H25N3O5S. The number of rotatable bonds is 10. The number of anilines is 1. The largest absolute Gasteiger partial charge is 0.352 e. The summed E-state index contributed by atoms with van der Waals surface area (Å²) in [4.78, 5) is 22.3. The van der Waals surface area contributed by atoms with Gasteiger partial charge >= 0.3 is 0 Å². The average molecular weight is 420 g/mol. The zero-order valence-corrected chi connectivity index (χ0v) is 17.3. The lowest BCUT2D eigenvalue weighted by Crippen LogP contribution is -2.24. The normalized spacial score (nSPS) is 11.1. The van der Waals surface area contributed by atoms with E-state index < -0.39 is 14.9 Å². The number of carbonyl (C=O) groups is 1. The van der Waals surface area contributed by atoms with Crippen molar-refractivity contribution in [1.82, 2.24) is 5.32 Å². The van der Waals surface area contributed by atoms with E-state index in [0.29, 0.717) is 17.7 Å². The second kappa shape index (κ2) is 10.0. The maximum absolute atomic E-state index is 12.5. The minimum absolute atomic E-state index is 0.205. The lowest BCUT2D eigenvalue weighted by molar-refractivity contribution is -0.385. The van der Waals surface area contributed by atoms with Gasteiger partial charge in [0.25, 0.3) is 21.6 Å². The predicted octanol–water partition coefficient (Wildman–Crippen LogP) is 4.01. The molecule has 0 aliphatic heterocycles. The van der Waals surface area contributed by atoms with E-state index in [4.69, 9.17) is 0 Å². The van der Waals surface area contributed by atoms with Crippen LogP contribution in [0.3, 0.4) is 0 Å². The van der Waals surface area contributed by atoms with Gasteiger partial charge in [-0.25, -0.2) is 8.42 Å². The molecule has 2 aromatic carbocycles. The van der Waals surface area contributed by atoms with Crippen molar-refractivity contribution >= 4 is 27.3 Å². The molecule has 0 radical (unpaired) electrons. The molecule has 9 heteroatoms. The number of sulfonamides is 1. The van der Waals surface area contributed by atoms with Gasteiger partial charge < -0.3 is 5.32 Å². The second-order valence-corrected chi connectivity index (χ2v) is 8.39. The third-order valence-electron chi connectivity index (χ3n) is 4.40. The molecule has 156 valence electrons. The summed E-state index contributed by atoms with van der Waals surface area (Å²) in [6.07, 6.45) is 4.24. The molecule has 8 nitrogen and oxygen atoms in total. The number of hydrogen-bond acceptors (Lipinski definition) is 5. The Bertz CT molecular complexity index is 972. The minimum Gasteiger partial charge on any atom is -0.352 e. The Hall–Kier alpha value is -2.94. The third kappa shape index (κ3) is 6.28. The Labute approximate surface area is 170 Å². The van der Waals surface area contributed by atoms with E-state index >= 15 is 0 Å². The molecule has 0 saturated heterocycles. The molecule has 0 unspecified atom stereocenters. The Morgan fingerprint density at radius 1 is 1.07 bits per heavy atom. The van der Waals surface area contributed by atoms with Crippen LogP contribution in [0, 0.1) is 17.0 Å². The molecule has 0 aliphatic rings. The average Bonchev–Trinajstić information content (AvgIpc) is 2.68. The lowest BCUT2D eigenvalue weighted by Gasteiger charge is -2.10. The molecule has 1 amide bonds. The van der Waals surface area contributed by atoms with Crippen molar-refractivity contribution in [1.29, 1.82) is 0 Å². The SMILES string of the molecule is CCCCCCNC(=O)c1ccc(NS(=O)(=O)c2ccc(C)c([N+](=O)[O-])c2)cc1. The summed E-state index contributed by atoms with van der Waals surface area (Å²) in [7, 11) is -4.00. The van der Waals surface area contributed by atoms with Crippen molar-refractivity contribution in [3.8, 4) is 0 Å². The molecule has 0 heterocycles. The zero-order chi connectivity index (χ0) is 21.4. The maximum Gasteiger partial charge on any atom is 0.273 e. The van der Waals surface area contributed by atoms with Crippen LogP contribution >= 0.6 is 0 Å². The van der Waals surface area contributed by atoms with Crippen LogP contribution in [0.5, 0.6) is 0 Å². The van der Waals surface area contributed by atoms with Crippen LogP contribution in [0.2, 0.25) is 0 Å². The van der Waals surface area contributed by atoms with Gasteiger partial charge in [0, 0.05) is 29.4 Å². The summed E-state index contributed by atoms with van der Waals surface area (Å²) in [6.45, 7) is 4.25. The van der Waals surface area contributed by atoms with Crippen LogP contribution in [0.25, 0.3) is 0 Å². The predicted molar refractivity (Wildman–Crippen MR) is 112 cm³/mol. The molecule has 0 atom stereocenters. The number of aryl methyl sites for hydroxylation is 1. The van der Waals surface area contributed by atoms with Gasteiger partial charge in [-0.3, -0.25) is 19.6 Å². The molecule has 2 rings (SSSR count). The van der Waals surface area contributed by atoms with Crippen LogP contribution in [-0.2, 0) is 10.0 Å². The summed E-state index contributed by atoms with van der Waals surface area (Å²) in [5.74, 6) is -0.218. The van der Waals surface area contributed by atoms with E-state index in [1.807, 2.05) is 0 Å². The van der Waals surface area contributed by atoms with Gasteiger partial charge in [0.2, 0.25) is 0 Å². The highest BCUT2D eigenvalue weighted by atomic mass is 32.2. The maximum atomic E-state index is 12.5. The van der Waals surface area contributed by atoms with Gasteiger partial charge in [-0.15, -0.1) is 0 Å². The fourth-order valence-corrected chi connectivity index (χ4v) is 3.79. The Morgan fingerprint density at radius 2 is 1.76 bits per heavy atom. The van der Waals surface area contributed by atoms with Crippen LogP contribution < -0.4 is 10.0 Å². The first-order valence-electron chi connectivity index (χ1n) is 9.40. The van der Waals surface area contributed by atoms with Gasteiger partial charge in [0.15, 0.2) is 0 Å². The molecule has 0 spiro atoms. The number of unbranched alkanes of at least 4 members (excludes halogenated alkanes) is 3. The number of hydrogen-bond donors (Lipinski definition) is 2. The first-order chi connectivity index (χ1) is 13.7. The van der Waals surface area contributed by atoms with Crippen LogP contribution in [0.4, 0.5) is 11.4 Å². The van der Waals surface area contributed by atoms with E-state index in [-0.39, 0.29) is 22.2 Å². The molecule has 0 saturated carbocycles. The third-order valence-corrected chi connectivity index (χ3v) is 5.78. The van der Waals surface area contributed by atoms with Crippen molar-refractivity contribution in [2.24, 2.45) is 0 Å². The lowest BCUT2D eigenvalue weighted by atomic mass is 10.2. The number of benzene rings is 2. The fraction of sp³-hybridized carbons (Fsp3) is 0.350. The monoisotopic (exact) mass is 419 g/mol. The summed E-state index contributed by atoms with van der Waals surface area (Å²) in [5.41, 5.74) is 0.792. The Kier molecular flexibility index (Phi) is 7.72. The van der Waals surface area contributed by atoms with E-state index in [1.165, 1.54) is 43.3 Å². The van der Waals surface area contributed by atoms with Gasteiger partial charge in [0.05, 0.1) is 9.82 Å². The van der Waals surface area contributed by atoms with Gasteiger partial charge in [-0.2, -0.15) is 0 Å². The summed E-state index contributed by atoms with van der Waals surface area (Å²) >= 11 is 0. The van der Waals surface area contributed by atoms with E-state index in [1.54, 1.807) is 0 Å². The van der Waals surface area contributed by atoms with Crippen molar-refractivity contribution in [3.05, 3.63) is 63.7 Å². The molecule has 29 heavy (non-hydrogen) atoms. The van der Waals surface area contributed by atoms with Gasteiger partial charge in [-0.1, -0.05) is 32.3 Å². The smallest absolute Gasteiger partial charge is 0.273 e. The van der Waals surface area contributed by atoms with Crippen LogP contribution in [0.15, 0.2) is 47.4 Å². The van der Waals surface area contributed by atoms with Crippen molar-refractivity contribution in [2.75, 3.05) is 11.3 Å². The molecule has 0 aliphatic carbocycles. The highest BCUT2D eigenvalue weighted by molar-refractivity contribution is 7.92. The first kappa shape index (κ1) is 22.4. The van der Waals surface area contributed by atoms with Gasteiger partial charge in [-0.05, 0) is 43.7 Å². The van der Waals surface area contributed by atoms with E-state index in [9.17, 15) is 23.3 Å². The fourth-order valence-electron chi connectivity index (χ4n) is 2.71. The van der Waals surface area contributed by atoms with E-state index in [2.05, 4.69) is 17.0 Å². The highest BCUT2D eigenvalue weighted by Gasteiger charge is 2.20. The highest BCUT2D eigenvalue weighted by Crippen LogP contribution is 2.24. The quantitative estimate of drug-likeness (QED) is 0.343. The first-order valence-corrected chi connectivity index (χ1v) is 10.9. The number of amides is 1. The zero-order valence-electron chi connectivity index (χ0n) is 16.5. The number of nitro groups is 1. The summed E-state index contributed by atoms with van der Waals surface area (Å²) in [6, 6.07) is 9.73. The molecular weight excluding hydrogens is 394 g/mol. The molecule has 0 bridgehead atoms. The molecule has 0 aromatic heterocycles. The number of carbonyl (C=O) groups excluding carboxylic acids is 1. The molecule has 2 N–H and O–H groups in total. The van der Waals surface area contributed by atoms with Crippen molar-refractivity contribution < 1.29 is 18.1 Å².